The number of nitrogens with one attached hydrogen (secondary N) is 3. The minimum Gasteiger partial charge on any atom is -0.308 e. The molecule has 6 nitrogen and oxygen atoms in total. The van der Waals surface area contributed by atoms with Gasteiger partial charge in [0.15, 0.2) is 17.5 Å². The Morgan fingerprint density at radius 2 is 1.34 bits per heavy atom. The second kappa shape index (κ2) is 8.23. The third kappa shape index (κ3) is 4.85. The molecule has 0 spiro atoms. The number of carbonyl (C=O) groups excluding carboxylic acids is 1. The maximum Gasteiger partial charge on any atom is 0.323 e. The number of para-hydroxylation sites is 1. The SMILES string of the molecule is O=C(Nc1ccccc1)Nc1cccc(NS(=O)(=O)c2ccc(F)c(F)c2F)c1. The molecule has 3 rings (SSSR count). The molecule has 150 valence electrons. The molecule has 0 atom stereocenters. The Bertz CT molecular complexity index is 1160. The Kier molecular flexibility index (Phi) is 5.74. The van der Waals surface area contributed by atoms with Crippen LogP contribution in [-0.2, 0) is 10.0 Å². The fourth-order valence-electron chi connectivity index (χ4n) is 2.40. The quantitative estimate of drug-likeness (QED) is 0.528. The predicted octanol–water partition coefficient (Wildman–Crippen LogP) is 4.55. The van der Waals surface area contributed by atoms with Gasteiger partial charge in [0, 0.05) is 11.4 Å². The van der Waals surface area contributed by atoms with Crippen LogP contribution in [0.3, 0.4) is 0 Å². The van der Waals surface area contributed by atoms with Crippen LogP contribution in [0.25, 0.3) is 0 Å². The van der Waals surface area contributed by atoms with Crippen molar-refractivity contribution in [3.63, 3.8) is 0 Å². The minimum absolute atomic E-state index is 0.0216. The summed E-state index contributed by atoms with van der Waals surface area (Å²) in [6.07, 6.45) is 0. The van der Waals surface area contributed by atoms with E-state index >= 15 is 0 Å². The van der Waals surface area contributed by atoms with E-state index in [0.29, 0.717) is 17.8 Å². The lowest BCUT2D eigenvalue weighted by atomic mass is 10.3. The van der Waals surface area contributed by atoms with Gasteiger partial charge in [-0.25, -0.2) is 26.4 Å². The van der Waals surface area contributed by atoms with Gasteiger partial charge in [-0.3, -0.25) is 4.72 Å². The monoisotopic (exact) mass is 421 g/mol. The molecule has 3 N–H and O–H groups in total. The first-order valence-corrected chi connectivity index (χ1v) is 9.64. The first-order chi connectivity index (χ1) is 13.8. The highest BCUT2D eigenvalue weighted by Crippen LogP contribution is 2.24. The third-order valence-electron chi connectivity index (χ3n) is 3.69. The lowest BCUT2D eigenvalue weighted by molar-refractivity contribution is 0.262. The first kappa shape index (κ1) is 20.2. The van der Waals surface area contributed by atoms with Crippen LogP contribution in [0, 0.1) is 17.5 Å². The van der Waals surface area contributed by atoms with E-state index in [1.54, 1.807) is 30.3 Å². The third-order valence-corrected chi connectivity index (χ3v) is 5.09. The van der Waals surface area contributed by atoms with Crippen molar-refractivity contribution < 1.29 is 26.4 Å². The molecule has 3 aromatic carbocycles. The summed E-state index contributed by atoms with van der Waals surface area (Å²) in [5.74, 6) is -5.22. The van der Waals surface area contributed by atoms with Crippen molar-refractivity contribution in [2.45, 2.75) is 4.90 Å². The van der Waals surface area contributed by atoms with Gasteiger partial charge in [-0.05, 0) is 42.5 Å². The summed E-state index contributed by atoms with van der Waals surface area (Å²) in [6, 6.07) is 14.8. The van der Waals surface area contributed by atoms with Crippen LogP contribution in [-0.4, -0.2) is 14.4 Å². The molecule has 10 heteroatoms. The minimum atomic E-state index is -4.54. The van der Waals surface area contributed by atoms with E-state index in [0.717, 1.165) is 0 Å². The average molecular weight is 421 g/mol. The molecule has 0 fully saturated rings. The summed E-state index contributed by atoms with van der Waals surface area (Å²) in [6.45, 7) is 0. The van der Waals surface area contributed by atoms with E-state index in [1.807, 2.05) is 0 Å². The number of benzene rings is 3. The number of halogens is 3. The predicted molar refractivity (Wildman–Crippen MR) is 103 cm³/mol. The van der Waals surface area contributed by atoms with Gasteiger partial charge in [0.1, 0.15) is 4.90 Å². The van der Waals surface area contributed by atoms with Gasteiger partial charge in [-0.2, -0.15) is 0 Å². The van der Waals surface area contributed by atoms with E-state index in [-0.39, 0.29) is 11.4 Å². The maximum atomic E-state index is 13.8. The summed E-state index contributed by atoms with van der Waals surface area (Å²) in [5.41, 5.74) is 0.770. The second-order valence-corrected chi connectivity index (χ2v) is 7.46. The normalized spacial score (nSPS) is 11.0. The van der Waals surface area contributed by atoms with Gasteiger partial charge < -0.3 is 10.6 Å². The molecule has 0 aliphatic carbocycles. The van der Waals surface area contributed by atoms with Gasteiger partial charge in [-0.15, -0.1) is 0 Å². The summed E-state index contributed by atoms with van der Waals surface area (Å²) in [5, 5.41) is 5.10. The number of hydrogen-bond acceptors (Lipinski definition) is 3. The molecule has 0 heterocycles. The van der Waals surface area contributed by atoms with Crippen molar-refractivity contribution in [1.82, 2.24) is 0 Å². The highest BCUT2D eigenvalue weighted by molar-refractivity contribution is 7.92. The van der Waals surface area contributed by atoms with Crippen molar-refractivity contribution in [1.29, 1.82) is 0 Å². The smallest absolute Gasteiger partial charge is 0.308 e. The van der Waals surface area contributed by atoms with Crippen molar-refractivity contribution >= 4 is 33.1 Å². The van der Waals surface area contributed by atoms with Gasteiger partial charge in [-0.1, -0.05) is 24.3 Å². The highest BCUT2D eigenvalue weighted by atomic mass is 32.2. The summed E-state index contributed by atoms with van der Waals surface area (Å²) >= 11 is 0. The standard InChI is InChI=1S/C19H14F3N3O3S/c20-15-9-10-16(18(22)17(15)21)29(27,28)25-14-8-4-7-13(11-14)24-19(26)23-12-5-2-1-3-6-12/h1-11,25H,(H2,23,24,26). The van der Waals surface area contributed by atoms with Gasteiger partial charge in [0.05, 0.1) is 5.69 Å². The Morgan fingerprint density at radius 3 is 2.07 bits per heavy atom. The Balaban J connectivity index is 1.76. The number of urea groups is 1. The van der Waals surface area contributed by atoms with Crippen LogP contribution in [0.5, 0.6) is 0 Å². The van der Waals surface area contributed by atoms with Crippen molar-refractivity contribution in [3.8, 4) is 0 Å². The lowest BCUT2D eigenvalue weighted by Gasteiger charge is -2.12. The number of hydrogen-bond donors (Lipinski definition) is 3. The van der Waals surface area contributed by atoms with Gasteiger partial charge in [0.2, 0.25) is 0 Å². The summed E-state index contributed by atoms with van der Waals surface area (Å²) in [7, 11) is -4.54. The first-order valence-electron chi connectivity index (χ1n) is 8.16. The van der Waals surface area contributed by atoms with E-state index in [4.69, 9.17) is 0 Å². The van der Waals surface area contributed by atoms with Crippen LogP contribution in [0.15, 0.2) is 71.6 Å². The summed E-state index contributed by atoms with van der Waals surface area (Å²) in [4.78, 5) is 11.0. The van der Waals surface area contributed by atoms with Crippen molar-refractivity contribution in [3.05, 3.63) is 84.2 Å². The van der Waals surface area contributed by atoms with Crippen LogP contribution in [0.4, 0.5) is 35.0 Å². The lowest BCUT2D eigenvalue weighted by Crippen LogP contribution is -2.19. The Morgan fingerprint density at radius 1 is 0.724 bits per heavy atom. The van der Waals surface area contributed by atoms with Gasteiger partial charge in [0.25, 0.3) is 10.0 Å². The topological polar surface area (TPSA) is 87.3 Å². The van der Waals surface area contributed by atoms with Crippen LogP contribution < -0.4 is 15.4 Å². The fraction of sp³-hybridized carbons (Fsp3) is 0. The van der Waals surface area contributed by atoms with E-state index in [9.17, 15) is 26.4 Å². The number of anilines is 3. The van der Waals surface area contributed by atoms with Crippen molar-refractivity contribution in [2.24, 2.45) is 0 Å². The second-order valence-electron chi connectivity index (χ2n) is 5.80. The Labute approximate surface area is 164 Å². The molecule has 0 aliphatic rings. The molecule has 29 heavy (non-hydrogen) atoms. The van der Waals surface area contributed by atoms with Crippen molar-refractivity contribution in [2.75, 3.05) is 15.4 Å². The molecule has 3 aromatic rings. The highest BCUT2D eigenvalue weighted by Gasteiger charge is 2.24. The molecular formula is C19H14F3N3O3S. The number of rotatable bonds is 5. The number of sulfonamides is 1. The molecule has 0 saturated heterocycles. The molecule has 0 aromatic heterocycles. The molecule has 0 radical (unpaired) electrons. The Hall–Kier alpha value is -3.53. The zero-order chi connectivity index (χ0) is 21.0. The molecular weight excluding hydrogens is 407 g/mol. The molecule has 2 amide bonds. The van der Waals surface area contributed by atoms with E-state index in [1.165, 1.54) is 24.3 Å². The fourth-order valence-corrected chi connectivity index (χ4v) is 3.52. The van der Waals surface area contributed by atoms with Gasteiger partial charge >= 0.3 is 6.03 Å². The van der Waals surface area contributed by atoms with E-state index in [2.05, 4.69) is 15.4 Å². The molecule has 0 bridgehead atoms. The zero-order valence-corrected chi connectivity index (χ0v) is 15.4. The maximum absolute atomic E-state index is 13.8. The van der Waals surface area contributed by atoms with E-state index < -0.39 is 38.4 Å². The van der Waals surface area contributed by atoms with Crippen LogP contribution >= 0.6 is 0 Å². The molecule has 0 saturated carbocycles. The average Bonchev–Trinajstić information content (AvgIpc) is 2.66. The largest absolute Gasteiger partial charge is 0.323 e. The number of carbonyl (C=O) groups is 1. The molecule has 0 unspecified atom stereocenters. The molecule has 0 aliphatic heterocycles. The summed E-state index contributed by atoms with van der Waals surface area (Å²) < 4.78 is 66.9. The zero-order valence-electron chi connectivity index (χ0n) is 14.6. The van der Waals surface area contributed by atoms with Crippen LogP contribution in [0.1, 0.15) is 0 Å². The number of amides is 2. The van der Waals surface area contributed by atoms with Crippen LogP contribution in [0.2, 0.25) is 0 Å².